The third-order valence-corrected chi connectivity index (χ3v) is 8.04. The molecule has 0 amide bonds. The Kier molecular flexibility index (Phi) is 6.32. The molecule has 0 saturated carbocycles. The number of aromatic nitrogens is 1. The second-order valence-corrected chi connectivity index (χ2v) is 10.2. The topological polar surface area (TPSA) is 96.7 Å². The van der Waals surface area contributed by atoms with E-state index >= 15 is 0 Å². The number of pyridine rings is 1. The molecule has 8 heteroatoms. The first-order valence-corrected chi connectivity index (χ1v) is 12.3. The molecule has 162 valence electrons. The minimum Gasteiger partial charge on any atom is -0.508 e. The van der Waals surface area contributed by atoms with Crippen LogP contribution in [-0.4, -0.2) is 47.8 Å². The van der Waals surface area contributed by atoms with Crippen molar-refractivity contribution in [1.82, 2.24) is 4.98 Å². The van der Waals surface area contributed by atoms with Gasteiger partial charge in [0.25, 0.3) is 0 Å². The number of phenols is 1. The highest BCUT2D eigenvalue weighted by Crippen LogP contribution is 2.41. The van der Waals surface area contributed by atoms with Crippen LogP contribution in [0.25, 0.3) is 11.6 Å². The summed E-state index contributed by atoms with van der Waals surface area (Å²) >= 11 is 0. The van der Waals surface area contributed by atoms with Gasteiger partial charge in [0.1, 0.15) is 5.75 Å². The molecule has 2 aliphatic heterocycles. The zero-order valence-corrected chi connectivity index (χ0v) is 18.3. The number of nitrogens with zero attached hydrogens (tertiary/aromatic N) is 1. The van der Waals surface area contributed by atoms with Crippen molar-refractivity contribution in [2.45, 2.75) is 43.9 Å². The smallest absolute Gasteiger partial charge is 0.456 e. The highest BCUT2D eigenvalue weighted by atomic mass is 32.2. The average Bonchev–Trinajstić information content (AvgIpc) is 3.03. The van der Waals surface area contributed by atoms with Gasteiger partial charge < -0.3 is 14.8 Å². The van der Waals surface area contributed by atoms with Gasteiger partial charge in [0.2, 0.25) is 0 Å². The van der Waals surface area contributed by atoms with Crippen molar-refractivity contribution in [3.63, 3.8) is 0 Å². The molecular weight excluding hydrogens is 413 g/mol. The first-order chi connectivity index (χ1) is 14.9. The van der Waals surface area contributed by atoms with Crippen LogP contribution < -0.4 is 0 Å². The van der Waals surface area contributed by atoms with Crippen molar-refractivity contribution < 1.29 is 23.2 Å². The van der Waals surface area contributed by atoms with Crippen LogP contribution in [0.1, 0.15) is 37.4 Å². The molecule has 2 N–H and O–H groups in total. The molecule has 0 spiro atoms. The Morgan fingerprint density at radius 2 is 2.03 bits per heavy atom. The van der Waals surface area contributed by atoms with Crippen molar-refractivity contribution in [3.8, 4) is 5.75 Å². The summed E-state index contributed by atoms with van der Waals surface area (Å²) in [7, 11) is -4.36. The summed E-state index contributed by atoms with van der Waals surface area (Å²) in [6, 6.07) is 12.6. The van der Waals surface area contributed by atoms with Crippen LogP contribution in [0, 0.1) is 0 Å². The summed E-state index contributed by atoms with van der Waals surface area (Å²) in [6.45, 7) is 1.96. The Balaban J connectivity index is 1.62. The number of fused-ring (bicyclic) bond motifs is 1. The summed E-state index contributed by atoms with van der Waals surface area (Å²) in [6.07, 6.45) is 5.22. The molecule has 0 unspecified atom stereocenters. The Labute approximate surface area is 183 Å². The van der Waals surface area contributed by atoms with Gasteiger partial charge in [0.05, 0.1) is 22.8 Å². The standard InChI is InChI=1S/C23H26BNO5S/c1-2-17-15-31(28,29)22-14-24(27)30-21(23(17)22)11-8-18(20-5-3-4-12-25-20)13-16-6-9-19(26)10-7-16/h3-7,9-10,12-13,21-22,26-27H,2,8,11,14-15H2,1H3/b18-13-/t21-,22+/m1/s1. The number of allylic oxidation sites excluding steroid dienone is 1. The van der Waals surface area contributed by atoms with E-state index in [0.717, 1.165) is 28.0 Å². The number of hydrogen-bond acceptors (Lipinski definition) is 6. The second-order valence-electron chi connectivity index (χ2n) is 8.04. The van der Waals surface area contributed by atoms with Gasteiger partial charge >= 0.3 is 7.12 Å². The first kappa shape index (κ1) is 21.8. The maximum absolute atomic E-state index is 12.6. The fourth-order valence-corrected chi connectivity index (χ4v) is 6.69. The third-order valence-electron chi connectivity index (χ3n) is 5.98. The van der Waals surface area contributed by atoms with Crippen molar-refractivity contribution >= 4 is 28.6 Å². The van der Waals surface area contributed by atoms with Crippen LogP contribution in [0.15, 0.2) is 59.8 Å². The van der Waals surface area contributed by atoms with Crippen LogP contribution in [0.2, 0.25) is 6.32 Å². The van der Waals surface area contributed by atoms with E-state index in [1.54, 1.807) is 18.3 Å². The molecule has 6 nitrogen and oxygen atoms in total. The third kappa shape index (κ3) is 4.76. The van der Waals surface area contributed by atoms with Gasteiger partial charge in [-0.2, -0.15) is 0 Å². The molecule has 1 aromatic carbocycles. The molecule has 1 saturated heterocycles. The largest absolute Gasteiger partial charge is 0.508 e. The minimum atomic E-state index is -3.28. The monoisotopic (exact) mass is 439 g/mol. The highest BCUT2D eigenvalue weighted by Gasteiger charge is 2.47. The Hall–Kier alpha value is -2.42. The Morgan fingerprint density at radius 3 is 2.71 bits per heavy atom. The van der Waals surface area contributed by atoms with Gasteiger partial charge in [-0.15, -0.1) is 0 Å². The predicted molar refractivity (Wildman–Crippen MR) is 122 cm³/mol. The van der Waals surface area contributed by atoms with E-state index < -0.39 is 28.3 Å². The number of benzene rings is 1. The molecule has 1 fully saturated rings. The quantitative estimate of drug-likeness (QED) is 0.529. The summed E-state index contributed by atoms with van der Waals surface area (Å²) in [4.78, 5) is 4.48. The minimum absolute atomic E-state index is 0.0620. The van der Waals surface area contributed by atoms with Gasteiger partial charge in [-0.05, 0) is 66.3 Å². The van der Waals surface area contributed by atoms with Crippen molar-refractivity contribution in [3.05, 3.63) is 71.1 Å². The number of sulfone groups is 1. The molecule has 0 bridgehead atoms. The highest BCUT2D eigenvalue weighted by molar-refractivity contribution is 7.92. The fourth-order valence-electron chi connectivity index (χ4n) is 4.47. The summed E-state index contributed by atoms with van der Waals surface area (Å²) < 4.78 is 31.1. The molecule has 4 rings (SSSR count). The zero-order valence-electron chi connectivity index (χ0n) is 17.4. The summed E-state index contributed by atoms with van der Waals surface area (Å²) in [5.41, 5.74) is 4.50. The lowest BCUT2D eigenvalue weighted by Gasteiger charge is -2.32. The molecule has 2 aliphatic rings. The molecule has 2 atom stereocenters. The fraction of sp³-hybridized carbons (Fsp3) is 0.348. The van der Waals surface area contributed by atoms with Crippen LogP contribution in [0.3, 0.4) is 0 Å². The number of phenolic OH excluding ortho intramolecular Hbond substituents is 1. The van der Waals surface area contributed by atoms with Gasteiger partial charge in [-0.3, -0.25) is 4.98 Å². The number of rotatable bonds is 6. The molecule has 2 aromatic rings. The molecule has 31 heavy (non-hydrogen) atoms. The first-order valence-electron chi connectivity index (χ1n) is 10.5. The Morgan fingerprint density at radius 1 is 1.26 bits per heavy atom. The van der Waals surface area contributed by atoms with E-state index in [0.29, 0.717) is 19.3 Å². The van der Waals surface area contributed by atoms with Gasteiger partial charge in [0.15, 0.2) is 9.84 Å². The van der Waals surface area contributed by atoms with E-state index in [4.69, 9.17) is 4.65 Å². The maximum Gasteiger partial charge on any atom is 0.456 e. The van der Waals surface area contributed by atoms with Crippen LogP contribution in [-0.2, 0) is 14.5 Å². The molecule has 0 aliphatic carbocycles. The number of hydrogen-bond donors (Lipinski definition) is 2. The predicted octanol–water partition coefficient (Wildman–Crippen LogP) is 3.49. The summed E-state index contributed by atoms with van der Waals surface area (Å²) in [5, 5.41) is 19.1. The average molecular weight is 439 g/mol. The lowest BCUT2D eigenvalue weighted by Crippen LogP contribution is -2.41. The van der Waals surface area contributed by atoms with Crippen LogP contribution in [0.4, 0.5) is 0 Å². The second kappa shape index (κ2) is 8.98. The lowest BCUT2D eigenvalue weighted by atomic mass is 9.74. The molecular formula is C23H26BNO5S. The van der Waals surface area contributed by atoms with Crippen molar-refractivity contribution in [2.75, 3.05) is 5.75 Å². The van der Waals surface area contributed by atoms with E-state index in [9.17, 15) is 18.5 Å². The maximum atomic E-state index is 12.6. The lowest BCUT2D eigenvalue weighted by molar-refractivity contribution is 0.171. The van der Waals surface area contributed by atoms with Crippen molar-refractivity contribution in [2.24, 2.45) is 0 Å². The van der Waals surface area contributed by atoms with Gasteiger partial charge in [-0.1, -0.05) is 30.7 Å². The molecule has 0 radical (unpaired) electrons. The molecule has 3 heterocycles. The number of aromatic hydroxyl groups is 1. The van der Waals surface area contributed by atoms with E-state index in [-0.39, 0.29) is 17.8 Å². The SMILES string of the molecule is CCC1=C2[C@@H](CC/C(=C/c3ccc(O)cc3)c3ccccn3)OB(O)C[C@@H]2S(=O)(=O)C1. The van der Waals surface area contributed by atoms with E-state index in [2.05, 4.69) is 4.98 Å². The summed E-state index contributed by atoms with van der Waals surface area (Å²) in [5.74, 6) is 0.264. The normalized spacial score (nSPS) is 23.2. The zero-order chi connectivity index (χ0) is 22.0. The molecule has 1 aromatic heterocycles. The van der Waals surface area contributed by atoms with Crippen LogP contribution in [0.5, 0.6) is 5.75 Å². The van der Waals surface area contributed by atoms with Crippen molar-refractivity contribution in [1.29, 1.82) is 0 Å². The van der Waals surface area contributed by atoms with E-state index in [1.165, 1.54) is 0 Å². The van der Waals surface area contributed by atoms with Gasteiger partial charge in [-0.25, -0.2) is 8.42 Å². The Bertz CT molecular complexity index is 1100. The van der Waals surface area contributed by atoms with E-state index in [1.807, 2.05) is 43.3 Å². The van der Waals surface area contributed by atoms with Crippen LogP contribution >= 0.6 is 0 Å². The van der Waals surface area contributed by atoms with Gasteiger partial charge in [0, 0.05) is 12.5 Å².